The van der Waals surface area contributed by atoms with Crippen LogP contribution in [0.1, 0.15) is 30.7 Å². The third-order valence-corrected chi connectivity index (χ3v) is 6.01. The number of likely N-dealkylation sites (tertiary alicyclic amines) is 1. The molecule has 2 aliphatic rings. The van der Waals surface area contributed by atoms with Crippen molar-refractivity contribution in [3.63, 3.8) is 0 Å². The van der Waals surface area contributed by atoms with Gasteiger partial charge in [-0.25, -0.2) is 18.4 Å². The van der Waals surface area contributed by atoms with E-state index in [4.69, 9.17) is 0 Å². The predicted octanol–water partition coefficient (Wildman–Crippen LogP) is 0.955. The summed E-state index contributed by atoms with van der Waals surface area (Å²) in [5.41, 5.74) is 1.92. The molecular weight excluding hydrogens is 340 g/mol. The molecule has 0 radical (unpaired) electrons. The first-order valence-electron chi connectivity index (χ1n) is 8.76. The fraction of sp³-hybridized carbons (Fsp3) is 0.706. The van der Waals surface area contributed by atoms with Crippen LogP contribution in [0, 0.1) is 19.8 Å². The van der Waals surface area contributed by atoms with Gasteiger partial charge >= 0.3 is 0 Å². The number of carbonyl (C=O) groups excluding carboxylic acids is 1. The number of hydrogen-bond donors (Lipinski definition) is 0. The normalized spacial score (nSPS) is 22.7. The quantitative estimate of drug-likeness (QED) is 0.789. The van der Waals surface area contributed by atoms with Crippen LogP contribution in [0.3, 0.4) is 0 Å². The highest BCUT2D eigenvalue weighted by Crippen LogP contribution is 2.27. The van der Waals surface area contributed by atoms with E-state index in [1.165, 1.54) is 6.26 Å². The first-order chi connectivity index (χ1) is 11.7. The van der Waals surface area contributed by atoms with Gasteiger partial charge in [0.2, 0.25) is 11.9 Å². The average Bonchev–Trinajstić information content (AvgIpc) is 2.85. The van der Waals surface area contributed by atoms with Crippen molar-refractivity contribution in [1.82, 2.24) is 14.9 Å². The number of rotatable bonds is 4. The van der Waals surface area contributed by atoms with Crippen molar-refractivity contribution in [2.75, 3.05) is 36.5 Å². The largest absolute Gasteiger partial charge is 0.341 e. The van der Waals surface area contributed by atoms with Gasteiger partial charge in [0.15, 0.2) is 0 Å². The smallest absolute Gasteiger partial charge is 0.225 e. The molecular formula is C17H26N4O3S. The molecule has 0 bridgehead atoms. The van der Waals surface area contributed by atoms with Crippen LogP contribution in [0.5, 0.6) is 0 Å². The molecule has 0 saturated carbocycles. The van der Waals surface area contributed by atoms with Crippen LogP contribution in [0.2, 0.25) is 0 Å². The number of piperidine rings is 1. The van der Waals surface area contributed by atoms with E-state index in [0.717, 1.165) is 43.3 Å². The zero-order valence-corrected chi connectivity index (χ0v) is 15.9. The van der Waals surface area contributed by atoms with Crippen LogP contribution in [-0.2, 0) is 14.6 Å². The zero-order chi connectivity index (χ0) is 18.2. The maximum Gasteiger partial charge on any atom is 0.225 e. The van der Waals surface area contributed by atoms with Crippen LogP contribution in [0.4, 0.5) is 5.95 Å². The first-order valence-corrected chi connectivity index (χ1v) is 10.8. The molecule has 3 heterocycles. The molecule has 2 saturated heterocycles. The molecule has 1 amide bonds. The summed E-state index contributed by atoms with van der Waals surface area (Å²) in [4.78, 5) is 25.4. The summed E-state index contributed by atoms with van der Waals surface area (Å²) in [7, 11) is -3.04. The van der Waals surface area contributed by atoms with Crippen LogP contribution in [-0.4, -0.2) is 66.9 Å². The van der Waals surface area contributed by atoms with Gasteiger partial charge in [0.1, 0.15) is 9.84 Å². The summed E-state index contributed by atoms with van der Waals surface area (Å²) in [6.07, 6.45) is 3.33. The second-order valence-electron chi connectivity index (χ2n) is 7.38. The molecule has 1 aromatic rings. The molecule has 0 N–H and O–H groups in total. The van der Waals surface area contributed by atoms with Gasteiger partial charge in [0.05, 0.1) is 5.75 Å². The van der Waals surface area contributed by atoms with Gasteiger partial charge in [-0.2, -0.15) is 0 Å². The maximum atomic E-state index is 12.3. The minimum atomic E-state index is -3.04. The minimum Gasteiger partial charge on any atom is -0.341 e. The lowest BCUT2D eigenvalue weighted by molar-refractivity contribution is -0.130. The van der Waals surface area contributed by atoms with Gasteiger partial charge in [-0.15, -0.1) is 0 Å². The van der Waals surface area contributed by atoms with E-state index in [9.17, 15) is 13.2 Å². The van der Waals surface area contributed by atoms with Crippen molar-refractivity contribution in [2.45, 2.75) is 39.2 Å². The Kier molecular flexibility index (Phi) is 4.99. The van der Waals surface area contributed by atoms with Crippen LogP contribution in [0.25, 0.3) is 0 Å². The van der Waals surface area contributed by atoms with Gasteiger partial charge in [-0.1, -0.05) is 0 Å². The fourth-order valence-corrected chi connectivity index (χ4v) is 5.01. The van der Waals surface area contributed by atoms with E-state index in [-0.39, 0.29) is 23.6 Å². The van der Waals surface area contributed by atoms with Crippen LogP contribution < -0.4 is 4.90 Å². The Morgan fingerprint density at radius 3 is 2.32 bits per heavy atom. The number of nitrogens with zero attached hydrogens (tertiary/aromatic N) is 4. The minimum absolute atomic E-state index is 0.0664. The third kappa shape index (κ3) is 4.48. The second kappa shape index (κ2) is 6.90. The lowest BCUT2D eigenvalue weighted by Crippen LogP contribution is -2.46. The van der Waals surface area contributed by atoms with Gasteiger partial charge in [0.25, 0.3) is 0 Å². The van der Waals surface area contributed by atoms with Gasteiger partial charge in [-0.3, -0.25) is 4.79 Å². The molecule has 138 valence electrons. The van der Waals surface area contributed by atoms with Crippen molar-refractivity contribution in [1.29, 1.82) is 0 Å². The Bertz CT molecular complexity index is 737. The zero-order valence-electron chi connectivity index (χ0n) is 15.1. The molecule has 0 aliphatic carbocycles. The van der Waals surface area contributed by atoms with Crippen molar-refractivity contribution in [2.24, 2.45) is 5.92 Å². The molecule has 1 aromatic heterocycles. The highest BCUT2D eigenvalue weighted by molar-refractivity contribution is 7.90. The van der Waals surface area contributed by atoms with E-state index in [2.05, 4.69) is 14.9 Å². The number of sulfone groups is 1. The standard InChI is InChI=1S/C17H26N4O3S/c1-12-8-13(2)19-17(18-12)20-6-4-15(5-7-20)21-10-14(9-16(21)22)11-25(3,23)24/h8,14-15H,4-7,9-11H2,1-3H3. The van der Waals surface area contributed by atoms with E-state index < -0.39 is 9.84 Å². The summed E-state index contributed by atoms with van der Waals surface area (Å²) in [6, 6.07) is 2.15. The van der Waals surface area contributed by atoms with Crippen LogP contribution >= 0.6 is 0 Å². The second-order valence-corrected chi connectivity index (χ2v) is 9.56. The molecule has 2 aliphatic heterocycles. The first kappa shape index (κ1) is 18.1. The predicted molar refractivity (Wildman–Crippen MR) is 96.3 cm³/mol. The molecule has 2 fully saturated rings. The molecule has 7 nitrogen and oxygen atoms in total. The average molecular weight is 366 g/mol. The van der Waals surface area contributed by atoms with Crippen molar-refractivity contribution in [3.05, 3.63) is 17.5 Å². The summed E-state index contributed by atoms with van der Waals surface area (Å²) < 4.78 is 23.0. The van der Waals surface area contributed by atoms with Gasteiger partial charge < -0.3 is 9.80 Å². The molecule has 3 rings (SSSR count). The van der Waals surface area contributed by atoms with E-state index in [0.29, 0.717) is 13.0 Å². The number of aromatic nitrogens is 2. The molecule has 25 heavy (non-hydrogen) atoms. The van der Waals surface area contributed by atoms with E-state index >= 15 is 0 Å². The fourth-order valence-electron chi connectivity index (χ4n) is 3.93. The Labute approximate surface area is 149 Å². The Balaban J connectivity index is 1.60. The molecule has 1 unspecified atom stereocenters. The SMILES string of the molecule is Cc1cc(C)nc(N2CCC(N3CC(CS(C)(=O)=O)CC3=O)CC2)n1. The monoisotopic (exact) mass is 366 g/mol. The lowest BCUT2D eigenvalue weighted by Gasteiger charge is -2.37. The van der Waals surface area contributed by atoms with E-state index in [1.54, 1.807) is 0 Å². The van der Waals surface area contributed by atoms with Crippen molar-refractivity contribution < 1.29 is 13.2 Å². The lowest BCUT2D eigenvalue weighted by atomic mass is 10.0. The van der Waals surface area contributed by atoms with Crippen molar-refractivity contribution >= 4 is 21.7 Å². The molecule has 8 heteroatoms. The van der Waals surface area contributed by atoms with Crippen molar-refractivity contribution in [3.8, 4) is 0 Å². The molecule has 1 atom stereocenters. The molecule has 0 aromatic carbocycles. The molecule has 0 spiro atoms. The number of amides is 1. The van der Waals surface area contributed by atoms with Crippen LogP contribution in [0.15, 0.2) is 6.07 Å². The van der Waals surface area contributed by atoms with Gasteiger partial charge in [-0.05, 0) is 38.7 Å². The maximum absolute atomic E-state index is 12.3. The summed E-state index contributed by atoms with van der Waals surface area (Å²) in [5, 5.41) is 0. The topological polar surface area (TPSA) is 83.5 Å². The Morgan fingerprint density at radius 2 is 1.76 bits per heavy atom. The summed E-state index contributed by atoms with van der Waals surface area (Å²) >= 11 is 0. The summed E-state index contributed by atoms with van der Waals surface area (Å²) in [6.45, 7) is 6.13. The number of aryl methyl sites for hydroxylation is 2. The highest BCUT2D eigenvalue weighted by Gasteiger charge is 2.37. The number of carbonyl (C=O) groups is 1. The van der Waals surface area contributed by atoms with Gasteiger partial charge in [0, 0.05) is 49.7 Å². The van der Waals surface area contributed by atoms with E-state index in [1.807, 2.05) is 24.8 Å². The Morgan fingerprint density at radius 1 is 1.16 bits per heavy atom. The Hall–Kier alpha value is -1.70. The number of anilines is 1. The highest BCUT2D eigenvalue weighted by atomic mass is 32.2. The summed E-state index contributed by atoms with van der Waals surface area (Å²) in [5.74, 6) is 0.890. The third-order valence-electron chi connectivity index (χ3n) is 4.94. The number of hydrogen-bond acceptors (Lipinski definition) is 6.